The van der Waals surface area contributed by atoms with Gasteiger partial charge in [0.25, 0.3) is 0 Å². The van der Waals surface area contributed by atoms with Gasteiger partial charge in [-0.2, -0.15) is 0 Å². The zero-order valence-electron chi connectivity index (χ0n) is 61.3. The van der Waals surface area contributed by atoms with Gasteiger partial charge in [-0.1, -0.05) is 290 Å². The Kier molecular flexibility index (Phi) is 23.5. The standard InChI is InChI=1S/C94H113NO3/c1-10-15-20-23-26-32-53-93(54-33-27-24-21-16-11-2)84-58-67(6)39-46-78(84)79-48-41-73(64-85(79)93)71-43-50-88-82(62-71)83-63-72(44-51-89(83)95(88)77-60-69(8)92(70(9)61-77)98-57-36-28-25-22-17-12-3)74-42-49-81-80-47-40-68(7)59-86(80)94(87(81)65-74,75-37-30-29-31-38-75)76-45-52-90(96-55-34-18-13-4)91(66-76)97-56-35-19-14-5/h29-31,37-52,58-66H,10-28,32-36,53-57H2,1-9H3. The van der Waals surface area contributed by atoms with Gasteiger partial charge in [-0.3, -0.25) is 0 Å². The van der Waals surface area contributed by atoms with Crippen LogP contribution in [-0.2, 0) is 10.8 Å². The van der Waals surface area contributed by atoms with Crippen LogP contribution in [0.15, 0.2) is 170 Å². The number of hydrogen-bond donors (Lipinski definition) is 0. The highest BCUT2D eigenvalue weighted by molar-refractivity contribution is 6.12. The predicted octanol–water partition coefficient (Wildman–Crippen LogP) is 27.4. The van der Waals surface area contributed by atoms with E-state index in [0.717, 1.165) is 74.5 Å². The molecule has 0 aliphatic heterocycles. The van der Waals surface area contributed by atoms with E-state index in [1.165, 1.54) is 233 Å². The molecule has 0 saturated heterocycles. The van der Waals surface area contributed by atoms with Crippen molar-refractivity contribution < 1.29 is 14.2 Å². The molecular weight excluding hydrogens is 1190 g/mol. The molecule has 10 aromatic rings. The number of ether oxygens (including phenoxy) is 3. The normalized spacial score (nSPS) is 14.3. The lowest BCUT2D eigenvalue weighted by Gasteiger charge is -2.34. The number of unbranched alkanes of at least 4 members (excludes halogenated alkanes) is 19. The first kappa shape index (κ1) is 70.1. The van der Waals surface area contributed by atoms with Crippen molar-refractivity contribution in [2.45, 2.75) is 240 Å². The van der Waals surface area contributed by atoms with Gasteiger partial charge in [-0.05, 0) is 209 Å². The molecule has 0 amide bonds. The lowest BCUT2D eigenvalue weighted by atomic mass is 9.67. The zero-order chi connectivity index (χ0) is 68.0. The molecule has 0 bridgehead atoms. The minimum atomic E-state index is -0.650. The summed E-state index contributed by atoms with van der Waals surface area (Å²) in [6.45, 7) is 22.6. The Balaban J connectivity index is 1.01. The Morgan fingerprint density at radius 3 is 1.28 bits per heavy atom. The number of hydrogen-bond acceptors (Lipinski definition) is 3. The van der Waals surface area contributed by atoms with Crippen molar-refractivity contribution in [3.05, 3.63) is 225 Å². The summed E-state index contributed by atoms with van der Waals surface area (Å²) in [5.41, 5.74) is 26.4. The lowest BCUT2D eigenvalue weighted by molar-refractivity contribution is 0.259. The number of fused-ring (bicyclic) bond motifs is 9. The molecule has 2 aliphatic rings. The number of aryl methyl sites for hydroxylation is 4. The first-order valence-electron chi connectivity index (χ1n) is 38.9. The highest BCUT2D eigenvalue weighted by Crippen LogP contribution is 2.59. The van der Waals surface area contributed by atoms with Gasteiger partial charge in [-0.15, -0.1) is 0 Å². The number of benzene rings is 9. The number of aromatic nitrogens is 1. The zero-order valence-corrected chi connectivity index (χ0v) is 61.3. The molecule has 0 fully saturated rings. The van der Waals surface area contributed by atoms with Crippen LogP contribution >= 0.6 is 0 Å². The summed E-state index contributed by atoms with van der Waals surface area (Å²) in [4.78, 5) is 0. The second-order valence-corrected chi connectivity index (χ2v) is 29.4. The van der Waals surface area contributed by atoms with Crippen molar-refractivity contribution >= 4 is 21.8 Å². The summed E-state index contributed by atoms with van der Waals surface area (Å²) >= 11 is 0. The number of rotatable bonds is 37. The van der Waals surface area contributed by atoms with Crippen LogP contribution in [0.3, 0.4) is 0 Å². The minimum absolute atomic E-state index is 0.0122. The molecule has 0 radical (unpaired) electrons. The summed E-state index contributed by atoms with van der Waals surface area (Å²) in [5, 5.41) is 2.50. The van der Waals surface area contributed by atoms with Crippen LogP contribution in [0.5, 0.6) is 17.2 Å². The fourth-order valence-corrected chi connectivity index (χ4v) is 17.0. The summed E-state index contributed by atoms with van der Waals surface area (Å²) in [7, 11) is 0. The van der Waals surface area contributed by atoms with Gasteiger partial charge in [0.05, 0.1) is 36.3 Å². The smallest absolute Gasteiger partial charge is 0.161 e. The summed E-state index contributed by atoms with van der Waals surface area (Å²) in [5.74, 6) is 2.67. The van der Waals surface area contributed by atoms with E-state index >= 15 is 0 Å². The molecule has 9 aromatic carbocycles. The fourth-order valence-electron chi connectivity index (χ4n) is 17.0. The van der Waals surface area contributed by atoms with Crippen molar-refractivity contribution in [3.63, 3.8) is 0 Å². The highest BCUT2D eigenvalue weighted by atomic mass is 16.5. The minimum Gasteiger partial charge on any atom is -0.493 e. The monoisotopic (exact) mass is 1300 g/mol. The molecule has 512 valence electrons. The van der Waals surface area contributed by atoms with E-state index in [9.17, 15) is 0 Å². The molecule has 1 aromatic heterocycles. The Morgan fingerprint density at radius 2 is 0.724 bits per heavy atom. The lowest BCUT2D eigenvalue weighted by Crippen LogP contribution is -2.29. The van der Waals surface area contributed by atoms with Crippen molar-refractivity contribution in [2.24, 2.45) is 0 Å². The summed E-state index contributed by atoms with van der Waals surface area (Å²) in [6.07, 6.45) is 32.1. The van der Waals surface area contributed by atoms with Gasteiger partial charge in [0.1, 0.15) is 5.75 Å². The first-order valence-corrected chi connectivity index (χ1v) is 38.9. The van der Waals surface area contributed by atoms with E-state index < -0.39 is 5.41 Å². The third-order valence-electron chi connectivity index (χ3n) is 22.2. The maximum absolute atomic E-state index is 6.84. The van der Waals surface area contributed by atoms with Gasteiger partial charge >= 0.3 is 0 Å². The van der Waals surface area contributed by atoms with Crippen LogP contribution in [0.1, 0.15) is 257 Å². The van der Waals surface area contributed by atoms with Crippen molar-refractivity contribution in [3.8, 4) is 67.4 Å². The largest absolute Gasteiger partial charge is 0.493 e. The van der Waals surface area contributed by atoms with Crippen LogP contribution in [0.25, 0.3) is 72.0 Å². The first-order chi connectivity index (χ1) is 48.1. The molecule has 0 N–H and O–H groups in total. The molecule has 1 heterocycles. The van der Waals surface area contributed by atoms with Crippen LogP contribution in [-0.4, -0.2) is 24.4 Å². The summed E-state index contributed by atoms with van der Waals surface area (Å²) in [6, 6.07) is 66.9. The van der Waals surface area contributed by atoms with Crippen molar-refractivity contribution in [2.75, 3.05) is 19.8 Å². The van der Waals surface area contributed by atoms with Gasteiger partial charge < -0.3 is 18.8 Å². The molecule has 4 nitrogen and oxygen atoms in total. The third kappa shape index (κ3) is 14.6. The number of nitrogens with zero attached hydrogens (tertiary/aromatic N) is 1. The molecule has 0 spiro atoms. The Labute approximate surface area is 590 Å². The van der Waals surface area contributed by atoms with Gasteiger partial charge in [0.2, 0.25) is 0 Å². The SMILES string of the molecule is CCCCCCCCOc1c(C)cc(-n2c3ccc(-c4ccc5c(c4)C(CCCCCCCC)(CCCCCCCC)c4cc(C)ccc4-5)cc3c3cc(-c4ccc5c(c4)C(c4ccccc4)(c4ccc(OCCCCC)c(OCCCCC)c4)c4cc(C)ccc4-5)ccc32)cc1C. The predicted molar refractivity (Wildman–Crippen MR) is 419 cm³/mol. The van der Waals surface area contributed by atoms with E-state index in [4.69, 9.17) is 14.2 Å². The Hall–Kier alpha value is -7.82. The van der Waals surface area contributed by atoms with Gasteiger partial charge in [0.15, 0.2) is 11.5 Å². The van der Waals surface area contributed by atoms with E-state index in [1.807, 2.05) is 0 Å². The van der Waals surface area contributed by atoms with E-state index in [2.05, 4.69) is 237 Å². The van der Waals surface area contributed by atoms with Gasteiger partial charge in [-0.25, -0.2) is 0 Å². The highest BCUT2D eigenvalue weighted by Gasteiger charge is 2.47. The molecule has 1 unspecified atom stereocenters. The maximum atomic E-state index is 6.84. The molecule has 4 heteroatoms. The van der Waals surface area contributed by atoms with Gasteiger partial charge in [0, 0.05) is 21.9 Å². The average Bonchev–Trinajstić information content (AvgIpc) is 1.53. The molecule has 1 atom stereocenters. The van der Waals surface area contributed by atoms with E-state index in [1.54, 1.807) is 11.1 Å². The molecule has 98 heavy (non-hydrogen) atoms. The van der Waals surface area contributed by atoms with E-state index in [0.29, 0.717) is 13.2 Å². The van der Waals surface area contributed by atoms with Crippen LogP contribution in [0, 0.1) is 27.7 Å². The second-order valence-electron chi connectivity index (χ2n) is 29.4. The Morgan fingerprint density at radius 1 is 0.316 bits per heavy atom. The molecule has 2 aliphatic carbocycles. The molecular formula is C94H113NO3. The maximum Gasteiger partial charge on any atom is 0.161 e. The molecule has 0 saturated carbocycles. The topological polar surface area (TPSA) is 32.6 Å². The summed E-state index contributed by atoms with van der Waals surface area (Å²) < 4.78 is 22.7. The average molecular weight is 1300 g/mol. The second kappa shape index (κ2) is 32.9. The van der Waals surface area contributed by atoms with Crippen molar-refractivity contribution in [1.82, 2.24) is 4.57 Å². The van der Waals surface area contributed by atoms with Crippen LogP contribution < -0.4 is 14.2 Å². The van der Waals surface area contributed by atoms with E-state index in [-0.39, 0.29) is 5.41 Å². The molecule has 12 rings (SSSR count). The quantitative estimate of drug-likeness (QED) is 0.0364. The Bertz CT molecular complexity index is 4270. The van der Waals surface area contributed by atoms with Crippen molar-refractivity contribution in [1.29, 1.82) is 0 Å². The van der Waals surface area contributed by atoms with Crippen LogP contribution in [0.2, 0.25) is 0 Å². The van der Waals surface area contributed by atoms with Crippen LogP contribution in [0.4, 0.5) is 0 Å². The fraction of sp³-hybridized carbons (Fsp3) is 0.426. The third-order valence-corrected chi connectivity index (χ3v) is 22.2.